The molecule has 1 aliphatic heterocycles. The van der Waals surface area contributed by atoms with E-state index >= 15 is 0 Å². The van der Waals surface area contributed by atoms with Crippen molar-refractivity contribution in [2.45, 2.75) is 17.4 Å². The van der Waals surface area contributed by atoms with Crippen LogP contribution in [0.25, 0.3) is 0 Å². The zero-order valence-electron chi connectivity index (χ0n) is 10.8. The van der Waals surface area contributed by atoms with Gasteiger partial charge in [-0.3, -0.25) is 0 Å². The molecule has 7 heteroatoms. The largest absolute Gasteiger partial charge is 0.305 e. The summed E-state index contributed by atoms with van der Waals surface area (Å²) >= 11 is 6.66. The fraction of sp³-hybridized carbons (Fsp3) is 0.500. The van der Waals surface area contributed by atoms with E-state index in [9.17, 15) is 8.42 Å². The van der Waals surface area contributed by atoms with E-state index in [2.05, 4.69) is 36.8 Å². The monoisotopic (exact) mass is 410 g/mol. The van der Waals surface area contributed by atoms with Crippen LogP contribution in [0.5, 0.6) is 0 Å². The molecule has 1 fully saturated rings. The van der Waals surface area contributed by atoms with E-state index < -0.39 is 10.0 Å². The van der Waals surface area contributed by atoms with E-state index in [1.807, 2.05) is 14.1 Å². The summed E-state index contributed by atoms with van der Waals surface area (Å²) in [6.07, 6.45) is 0.875. The fourth-order valence-electron chi connectivity index (χ4n) is 2.17. The summed E-state index contributed by atoms with van der Waals surface area (Å²) < 4.78 is 28.2. The van der Waals surface area contributed by atoms with Gasteiger partial charge in [-0.05, 0) is 54.6 Å². The van der Waals surface area contributed by atoms with Gasteiger partial charge in [0.15, 0.2) is 0 Å². The van der Waals surface area contributed by atoms with Crippen LogP contribution in [0.3, 0.4) is 0 Å². The van der Waals surface area contributed by atoms with Crippen LogP contribution >= 0.6 is 31.9 Å². The molecule has 19 heavy (non-hydrogen) atoms. The van der Waals surface area contributed by atoms with Crippen LogP contribution in [0, 0.1) is 0 Å². The minimum absolute atomic E-state index is 0.295. The Bertz CT molecular complexity index is 575. The maximum atomic E-state index is 12.6. The lowest BCUT2D eigenvalue weighted by Crippen LogP contribution is -2.34. The Balaban J connectivity index is 2.29. The van der Waals surface area contributed by atoms with Crippen LogP contribution in [-0.2, 0) is 10.0 Å². The molecule has 1 aromatic rings. The van der Waals surface area contributed by atoms with Crippen molar-refractivity contribution >= 4 is 41.9 Å². The van der Waals surface area contributed by atoms with Gasteiger partial charge in [-0.2, -0.15) is 4.31 Å². The second-order valence-corrected chi connectivity index (χ2v) is 8.52. The number of hydrogen-bond acceptors (Lipinski definition) is 3. The van der Waals surface area contributed by atoms with E-state index in [1.165, 1.54) is 0 Å². The molecule has 0 bridgehead atoms. The molecular formula is C12H16Br2N2O2S. The fourth-order valence-corrected chi connectivity index (χ4v) is 5.37. The first kappa shape index (κ1) is 15.4. The van der Waals surface area contributed by atoms with Gasteiger partial charge in [0.25, 0.3) is 0 Å². The van der Waals surface area contributed by atoms with E-state index in [4.69, 9.17) is 0 Å². The lowest BCUT2D eigenvalue weighted by atomic mass is 10.2. The topological polar surface area (TPSA) is 40.6 Å². The van der Waals surface area contributed by atoms with Crippen LogP contribution < -0.4 is 0 Å². The number of sulfonamides is 1. The van der Waals surface area contributed by atoms with E-state index in [1.54, 1.807) is 22.5 Å². The van der Waals surface area contributed by atoms with Gasteiger partial charge < -0.3 is 4.90 Å². The summed E-state index contributed by atoms with van der Waals surface area (Å²) in [6, 6.07) is 5.43. The molecule has 0 saturated carbocycles. The third-order valence-electron chi connectivity index (χ3n) is 3.37. The van der Waals surface area contributed by atoms with Crippen molar-refractivity contribution in [1.82, 2.24) is 9.21 Å². The van der Waals surface area contributed by atoms with Crippen LogP contribution in [0.15, 0.2) is 32.0 Å². The molecule has 1 aromatic carbocycles. The Morgan fingerprint density at radius 2 is 2.00 bits per heavy atom. The van der Waals surface area contributed by atoms with Gasteiger partial charge in [-0.25, -0.2) is 8.42 Å². The molecule has 0 N–H and O–H groups in total. The average Bonchev–Trinajstić information content (AvgIpc) is 2.78. The van der Waals surface area contributed by atoms with Gasteiger partial charge in [0, 0.05) is 28.1 Å². The van der Waals surface area contributed by atoms with Crippen LogP contribution in [0.1, 0.15) is 6.42 Å². The number of hydrogen-bond donors (Lipinski definition) is 0. The van der Waals surface area contributed by atoms with Crippen molar-refractivity contribution in [3.8, 4) is 0 Å². The van der Waals surface area contributed by atoms with Crippen LogP contribution in [-0.4, -0.2) is 50.8 Å². The zero-order chi connectivity index (χ0) is 14.2. The summed E-state index contributed by atoms with van der Waals surface area (Å²) in [6.45, 7) is 1.13. The van der Waals surface area contributed by atoms with E-state index in [0.29, 0.717) is 28.5 Å². The van der Waals surface area contributed by atoms with Crippen molar-refractivity contribution < 1.29 is 8.42 Å². The van der Waals surface area contributed by atoms with Crippen molar-refractivity contribution in [2.75, 3.05) is 27.2 Å². The summed E-state index contributed by atoms with van der Waals surface area (Å²) in [7, 11) is 0.551. The summed E-state index contributed by atoms with van der Waals surface area (Å²) in [4.78, 5) is 2.40. The molecule has 1 saturated heterocycles. The van der Waals surface area contributed by atoms with Gasteiger partial charge in [0.05, 0.1) is 4.90 Å². The second kappa shape index (κ2) is 5.81. The molecule has 0 aromatic heterocycles. The van der Waals surface area contributed by atoms with Crippen molar-refractivity contribution in [1.29, 1.82) is 0 Å². The third-order valence-corrected chi connectivity index (χ3v) is 6.70. The number of likely N-dealkylation sites (N-methyl/N-ethyl adjacent to an activating group) is 1. The minimum Gasteiger partial charge on any atom is -0.305 e. The average molecular weight is 412 g/mol. The number of benzene rings is 1. The Kier molecular flexibility index (Phi) is 4.72. The van der Waals surface area contributed by atoms with Crippen molar-refractivity contribution in [2.24, 2.45) is 0 Å². The molecule has 0 amide bonds. The molecule has 4 nitrogen and oxygen atoms in total. The predicted molar refractivity (Wildman–Crippen MR) is 82.7 cm³/mol. The highest BCUT2D eigenvalue weighted by molar-refractivity contribution is 9.11. The quantitative estimate of drug-likeness (QED) is 0.767. The first-order chi connectivity index (χ1) is 8.82. The third kappa shape index (κ3) is 3.21. The Morgan fingerprint density at radius 3 is 2.53 bits per heavy atom. The lowest BCUT2D eigenvalue weighted by molar-refractivity contribution is 0.302. The molecule has 1 atom stereocenters. The Hall–Kier alpha value is 0.0500. The smallest absolute Gasteiger partial charge is 0.244 e. The maximum Gasteiger partial charge on any atom is 0.244 e. The summed E-state index contributed by atoms with van der Waals surface area (Å²) in [5.74, 6) is 0. The first-order valence-electron chi connectivity index (χ1n) is 5.94. The second-order valence-electron chi connectivity index (χ2n) is 4.84. The Labute approximate surface area is 131 Å². The normalized spacial score (nSPS) is 21.2. The summed E-state index contributed by atoms with van der Waals surface area (Å²) in [5, 5.41) is 0. The summed E-state index contributed by atoms with van der Waals surface area (Å²) in [5.41, 5.74) is 0. The van der Waals surface area contributed by atoms with Crippen LogP contribution in [0.4, 0.5) is 0 Å². The first-order valence-corrected chi connectivity index (χ1v) is 8.96. The molecule has 106 valence electrons. The molecule has 1 aliphatic rings. The van der Waals surface area contributed by atoms with Gasteiger partial charge >= 0.3 is 0 Å². The predicted octanol–water partition coefficient (Wildman–Crippen LogP) is 2.54. The molecule has 0 radical (unpaired) electrons. The molecule has 1 unspecified atom stereocenters. The Morgan fingerprint density at radius 1 is 1.32 bits per heavy atom. The lowest BCUT2D eigenvalue weighted by Gasteiger charge is -2.20. The maximum absolute atomic E-state index is 12.6. The van der Waals surface area contributed by atoms with Crippen molar-refractivity contribution in [3.05, 3.63) is 27.1 Å². The van der Waals surface area contributed by atoms with Gasteiger partial charge in [0.1, 0.15) is 0 Å². The van der Waals surface area contributed by atoms with E-state index in [-0.39, 0.29) is 0 Å². The molecule has 0 spiro atoms. The zero-order valence-corrected chi connectivity index (χ0v) is 14.8. The minimum atomic E-state index is -3.41. The van der Waals surface area contributed by atoms with Gasteiger partial charge in [0.2, 0.25) is 10.0 Å². The highest BCUT2D eigenvalue weighted by Crippen LogP contribution is 2.30. The molecular weight excluding hydrogens is 396 g/mol. The number of rotatable bonds is 3. The molecule has 0 aliphatic carbocycles. The van der Waals surface area contributed by atoms with Gasteiger partial charge in [-0.1, -0.05) is 15.9 Å². The highest BCUT2D eigenvalue weighted by Gasteiger charge is 2.34. The van der Waals surface area contributed by atoms with E-state index in [0.717, 1.165) is 10.9 Å². The highest BCUT2D eigenvalue weighted by atomic mass is 79.9. The number of nitrogens with zero attached hydrogens (tertiary/aromatic N) is 2. The molecule has 2 rings (SSSR count). The van der Waals surface area contributed by atoms with Crippen molar-refractivity contribution in [3.63, 3.8) is 0 Å². The number of halogens is 2. The molecule has 1 heterocycles. The SMILES string of the molecule is CN(C)C1CCN(S(=O)(=O)c2ccc(Br)cc2Br)C1. The van der Waals surface area contributed by atoms with Crippen LogP contribution in [0.2, 0.25) is 0 Å². The standard InChI is InChI=1S/C12H16Br2N2O2S/c1-15(2)10-5-6-16(8-10)19(17,18)12-4-3-9(13)7-11(12)14/h3-4,7,10H,5-6,8H2,1-2H3. The van der Waals surface area contributed by atoms with Gasteiger partial charge in [-0.15, -0.1) is 0 Å².